The zero-order valence-electron chi connectivity index (χ0n) is 12.9. The van der Waals surface area contributed by atoms with Gasteiger partial charge in [-0.3, -0.25) is 0 Å². The van der Waals surface area contributed by atoms with E-state index >= 15 is 0 Å². The standard InChI is InChI=1S/C18H28N2/c1-20(2)18-10-6-5-9-17(18)19-16-12-11-14-7-3-4-8-15(14)13-16/h5-6,9-10,14-16,19H,3-4,7-8,11-13H2,1-2H3. The highest BCUT2D eigenvalue weighted by atomic mass is 15.1. The lowest BCUT2D eigenvalue weighted by molar-refractivity contribution is 0.162. The van der Waals surface area contributed by atoms with Crippen molar-refractivity contribution in [2.75, 3.05) is 24.3 Å². The van der Waals surface area contributed by atoms with Crippen molar-refractivity contribution in [3.05, 3.63) is 24.3 Å². The number of nitrogens with zero attached hydrogens (tertiary/aromatic N) is 1. The second-order valence-electron chi connectivity index (χ2n) is 6.87. The van der Waals surface area contributed by atoms with Crippen LogP contribution in [0.2, 0.25) is 0 Å². The third-order valence-electron chi connectivity index (χ3n) is 5.29. The molecule has 0 amide bonds. The first-order chi connectivity index (χ1) is 9.74. The first-order valence-corrected chi connectivity index (χ1v) is 8.27. The van der Waals surface area contributed by atoms with Gasteiger partial charge in [-0.2, -0.15) is 0 Å². The fourth-order valence-electron chi connectivity index (χ4n) is 4.21. The number of rotatable bonds is 3. The minimum Gasteiger partial charge on any atom is -0.381 e. The summed E-state index contributed by atoms with van der Waals surface area (Å²) in [6, 6.07) is 9.37. The maximum Gasteiger partial charge on any atom is 0.0596 e. The van der Waals surface area contributed by atoms with Crippen LogP contribution in [0.4, 0.5) is 11.4 Å². The van der Waals surface area contributed by atoms with Crippen LogP contribution in [0.25, 0.3) is 0 Å². The molecular weight excluding hydrogens is 244 g/mol. The monoisotopic (exact) mass is 272 g/mol. The predicted molar refractivity (Wildman–Crippen MR) is 87.5 cm³/mol. The average Bonchev–Trinajstić information content (AvgIpc) is 2.47. The van der Waals surface area contributed by atoms with E-state index in [0.717, 1.165) is 11.8 Å². The number of benzene rings is 1. The minimum atomic E-state index is 0.676. The van der Waals surface area contributed by atoms with E-state index in [1.807, 2.05) is 0 Å². The first kappa shape index (κ1) is 13.8. The summed E-state index contributed by atoms with van der Waals surface area (Å²) in [6.45, 7) is 0. The van der Waals surface area contributed by atoms with Gasteiger partial charge in [-0.1, -0.05) is 37.8 Å². The molecule has 0 aromatic heterocycles. The molecule has 2 saturated carbocycles. The quantitative estimate of drug-likeness (QED) is 0.870. The largest absolute Gasteiger partial charge is 0.381 e. The molecule has 2 heteroatoms. The normalized spacial score (nSPS) is 29.6. The summed E-state index contributed by atoms with van der Waals surface area (Å²) in [5, 5.41) is 3.82. The van der Waals surface area contributed by atoms with Crippen LogP contribution >= 0.6 is 0 Å². The van der Waals surface area contributed by atoms with Crippen molar-refractivity contribution in [3.8, 4) is 0 Å². The summed E-state index contributed by atoms with van der Waals surface area (Å²) in [6.07, 6.45) is 10.1. The summed E-state index contributed by atoms with van der Waals surface area (Å²) >= 11 is 0. The molecule has 1 N–H and O–H groups in total. The molecule has 2 fully saturated rings. The van der Waals surface area contributed by atoms with Crippen LogP contribution in [0, 0.1) is 11.8 Å². The minimum absolute atomic E-state index is 0.676. The molecule has 1 aromatic carbocycles. The van der Waals surface area contributed by atoms with E-state index in [1.54, 1.807) is 0 Å². The summed E-state index contributed by atoms with van der Waals surface area (Å²) in [4.78, 5) is 2.20. The SMILES string of the molecule is CN(C)c1ccccc1NC1CCC2CCCCC2C1. The fraction of sp³-hybridized carbons (Fsp3) is 0.667. The van der Waals surface area contributed by atoms with E-state index in [-0.39, 0.29) is 0 Å². The van der Waals surface area contributed by atoms with E-state index in [0.29, 0.717) is 6.04 Å². The van der Waals surface area contributed by atoms with E-state index in [4.69, 9.17) is 0 Å². The van der Waals surface area contributed by atoms with E-state index < -0.39 is 0 Å². The van der Waals surface area contributed by atoms with Crippen LogP contribution in [-0.4, -0.2) is 20.1 Å². The fourth-order valence-corrected chi connectivity index (χ4v) is 4.21. The molecule has 2 aliphatic rings. The Bertz CT molecular complexity index is 441. The van der Waals surface area contributed by atoms with E-state index in [1.165, 1.54) is 56.3 Å². The highest BCUT2D eigenvalue weighted by molar-refractivity contribution is 5.69. The van der Waals surface area contributed by atoms with Crippen LogP contribution in [0.3, 0.4) is 0 Å². The number of para-hydroxylation sites is 2. The Labute approximate surface area is 123 Å². The van der Waals surface area contributed by atoms with Crippen LogP contribution in [-0.2, 0) is 0 Å². The van der Waals surface area contributed by atoms with Crippen LogP contribution in [0.15, 0.2) is 24.3 Å². The third kappa shape index (κ3) is 2.94. The lowest BCUT2D eigenvalue weighted by Gasteiger charge is -2.40. The molecule has 2 aliphatic carbocycles. The Balaban J connectivity index is 1.66. The third-order valence-corrected chi connectivity index (χ3v) is 5.29. The molecular formula is C18H28N2. The van der Waals surface area contributed by atoms with Gasteiger partial charge in [0.1, 0.15) is 0 Å². The second-order valence-corrected chi connectivity index (χ2v) is 6.87. The van der Waals surface area contributed by atoms with Gasteiger partial charge < -0.3 is 10.2 Å². The lowest BCUT2D eigenvalue weighted by atomic mass is 9.69. The molecule has 0 spiro atoms. The molecule has 0 aliphatic heterocycles. The lowest BCUT2D eigenvalue weighted by Crippen LogP contribution is -2.34. The van der Waals surface area contributed by atoms with Gasteiger partial charge in [0, 0.05) is 20.1 Å². The van der Waals surface area contributed by atoms with Gasteiger partial charge in [0.05, 0.1) is 11.4 Å². The van der Waals surface area contributed by atoms with Gasteiger partial charge in [0.2, 0.25) is 0 Å². The number of hydrogen-bond acceptors (Lipinski definition) is 2. The smallest absolute Gasteiger partial charge is 0.0596 e. The van der Waals surface area contributed by atoms with Gasteiger partial charge in [0.25, 0.3) is 0 Å². The van der Waals surface area contributed by atoms with E-state index in [9.17, 15) is 0 Å². The first-order valence-electron chi connectivity index (χ1n) is 8.27. The highest BCUT2D eigenvalue weighted by Gasteiger charge is 2.32. The van der Waals surface area contributed by atoms with E-state index in [2.05, 4.69) is 48.6 Å². The van der Waals surface area contributed by atoms with Gasteiger partial charge in [-0.15, -0.1) is 0 Å². The summed E-state index contributed by atoms with van der Waals surface area (Å²) in [7, 11) is 4.25. The molecule has 2 nitrogen and oxygen atoms in total. The molecule has 0 saturated heterocycles. The molecule has 0 bridgehead atoms. The maximum absolute atomic E-state index is 3.82. The summed E-state index contributed by atoms with van der Waals surface area (Å²) in [5.41, 5.74) is 2.61. The van der Waals surface area contributed by atoms with Crippen molar-refractivity contribution in [3.63, 3.8) is 0 Å². The highest BCUT2D eigenvalue weighted by Crippen LogP contribution is 2.41. The van der Waals surface area contributed by atoms with Gasteiger partial charge in [-0.25, -0.2) is 0 Å². The number of anilines is 2. The van der Waals surface area contributed by atoms with Crippen molar-refractivity contribution in [2.24, 2.45) is 11.8 Å². The second kappa shape index (κ2) is 6.07. The predicted octanol–water partition coefficient (Wildman–Crippen LogP) is 4.52. The van der Waals surface area contributed by atoms with Gasteiger partial charge in [-0.05, 0) is 43.2 Å². The molecule has 3 unspecified atom stereocenters. The molecule has 0 heterocycles. The van der Waals surface area contributed by atoms with Crippen LogP contribution in [0.1, 0.15) is 44.9 Å². The molecule has 20 heavy (non-hydrogen) atoms. The Morgan fingerprint density at radius 2 is 1.70 bits per heavy atom. The Morgan fingerprint density at radius 1 is 0.950 bits per heavy atom. The summed E-state index contributed by atoms with van der Waals surface area (Å²) in [5.74, 6) is 2.02. The Morgan fingerprint density at radius 3 is 2.50 bits per heavy atom. The van der Waals surface area contributed by atoms with Gasteiger partial charge >= 0.3 is 0 Å². The topological polar surface area (TPSA) is 15.3 Å². The number of hydrogen-bond donors (Lipinski definition) is 1. The van der Waals surface area contributed by atoms with Crippen LogP contribution in [0.5, 0.6) is 0 Å². The average molecular weight is 272 g/mol. The van der Waals surface area contributed by atoms with Crippen molar-refractivity contribution >= 4 is 11.4 Å². The molecule has 1 aromatic rings. The molecule has 3 rings (SSSR count). The molecule has 0 radical (unpaired) electrons. The summed E-state index contributed by atoms with van der Waals surface area (Å²) < 4.78 is 0. The van der Waals surface area contributed by atoms with Crippen molar-refractivity contribution < 1.29 is 0 Å². The maximum atomic E-state index is 3.82. The zero-order valence-corrected chi connectivity index (χ0v) is 12.9. The number of nitrogens with one attached hydrogen (secondary N) is 1. The molecule has 3 atom stereocenters. The van der Waals surface area contributed by atoms with Crippen LogP contribution < -0.4 is 10.2 Å². The van der Waals surface area contributed by atoms with Crippen molar-refractivity contribution in [2.45, 2.75) is 51.0 Å². The zero-order chi connectivity index (χ0) is 13.9. The Kier molecular flexibility index (Phi) is 4.18. The van der Waals surface area contributed by atoms with Crippen molar-refractivity contribution in [1.29, 1.82) is 0 Å². The van der Waals surface area contributed by atoms with Crippen molar-refractivity contribution in [1.82, 2.24) is 0 Å². The Hall–Kier alpha value is -1.18. The van der Waals surface area contributed by atoms with Gasteiger partial charge in [0.15, 0.2) is 0 Å². The number of fused-ring (bicyclic) bond motifs is 1. The molecule has 110 valence electrons.